The molecule has 5 nitrogen and oxygen atoms in total. The van der Waals surface area contributed by atoms with Gasteiger partial charge in [0.25, 0.3) is 0 Å². The Bertz CT molecular complexity index is 741. The number of thioether (sulfide) groups is 1. The molecular weight excluding hydrogens is 314 g/mol. The van der Waals surface area contributed by atoms with Gasteiger partial charge in [-0.2, -0.15) is 11.8 Å². The smallest absolute Gasteiger partial charge is 0.169 e. The van der Waals surface area contributed by atoms with E-state index in [0.717, 1.165) is 21.7 Å². The quantitative estimate of drug-likeness (QED) is 0.847. The summed E-state index contributed by atoms with van der Waals surface area (Å²) in [5, 5.41) is -0.514. The number of aromatic nitrogens is 1. The Hall–Kier alpha value is -0.990. The number of rotatable bonds is 2. The van der Waals surface area contributed by atoms with E-state index in [0.29, 0.717) is 18.0 Å². The van der Waals surface area contributed by atoms with Crippen LogP contribution in [0.25, 0.3) is 10.2 Å². The number of anilines is 2. The van der Waals surface area contributed by atoms with Crippen LogP contribution < -0.4 is 10.6 Å². The number of hydrogen-bond donors (Lipinski definition) is 1. The van der Waals surface area contributed by atoms with E-state index in [-0.39, 0.29) is 0 Å². The zero-order valence-electron chi connectivity index (χ0n) is 10.9. The molecule has 1 atom stereocenters. The lowest BCUT2D eigenvalue weighted by atomic mass is 10.2. The number of fused-ring (bicyclic) bond motifs is 1. The molecule has 0 saturated carbocycles. The molecule has 0 radical (unpaired) electrons. The summed E-state index contributed by atoms with van der Waals surface area (Å²) in [6, 6.07) is 3.86. The second-order valence-electron chi connectivity index (χ2n) is 4.75. The van der Waals surface area contributed by atoms with E-state index in [2.05, 4.69) is 4.98 Å². The average Bonchev–Trinajstić information content (AvgIpc) is 2.87. The van der Waals surface area contributed by atoms with E-state index in [1.54, 1.807) is 17.3 Å². The van der Waals surface area contributed by atoms with E-state index in [9.17, 15) is 8.42 Å². The van der Waals surface area contributed by atoms with E-state index in [4.69, 9.17) is 5.73 Å². The number of nitrogens with zero attached hydrogens (tertiary/aromatic N) is 2. The zero-order chi connectivity index (χ0) is 14.3. The Morgan fingerprint density at radius 1 is 1.45 bits per heavy atom. The van der Waals surface area contributed by atoms with Gasteiger partial charge in [0, 0.05) is 24.3 Å². The number of hydrogen-bond acceptors (Lipinski definition) is 7. The Kier molecular flexibility index (Phi) is 3.55. The predicted octanol–water partition coefficient (Wildman–Crippen LogP) is 1.80. The average molecular weight is 329 g/mol. The Balaban J connectivity index is 2.10. The maximum Gasteiger partial charge on any atom is 0.169 e. The highest BCUT2D eigenvalue weighted by atomic mass is 32.2. The normalized spacial score (nSPS) is 20.4. The molecule has 20 heavy (non-hydrogen) atoms. The van der Waals surface area contributed by atoms with Crippen molar-refractivity contribution in [2.45, 2.75) is 5.37 Å². The van der Waals surface area contributed by atoms with Gasteiger partial charge in [0.2, 0.25) is 0 Å². The molecule has 108 valence electrons. The van der Waals surface area contributed by atoms with Crippen LogP contribution in [0.1, 0.15) is 0 Å². The third-order valence-corrected chi connectivity index (χ3v) is 6.84. The molecule has 3 rings (SSSR count). The van der Waals surface area contributed by atoms with Crippen molar-refractivity contribution in [1.29, 1.82) is 0 Å². The van der Waals surface area contributed by atoms with Crippen LogP contribution in [-0.4, -0.2) is 43.1 Å². The molecular formula is C12H15N3O2S3. The second kappa shape index (κ2) is 5.09. The summed E-state index contributed by atoms with van der Waals surface area (Å²) < 4.78 is 25.0. The van der Waals surface area contributed by atoms with Gasteiger partial charge < -0.3 is 10.6 Å². The molecule has 2 aromatic rings. The van der Waals surface area contributed by atoms with Crippen LogP contribution in [-0.2, 0) is 9.84 Å². The summed E-state index contributed by atoms with van der Waals surface area (Å²) >= 11 is 3.20. The fourth-order valence-electron chi connectivity index (χ4n) is 2.40. The molecule has 0 aliphatic carbocycles. The van der Waals surface area contributed by atoms with Gasteiger partial charge in [-0.25, -0.2) is 13.4 Å². The third kappa shape index (κ3) is 2.36. The Labute approximate surface area is 126 Å². The van der Waals surface area contributed by atoms with Crippen molar-refractivity contribution in [3.63, 3.8) is 0 Å². The number of thiazole rings is 1. The van der Waals surface area contributed by atoms with Crippen molar-refractivity contribution in [1.82, 2.24) is 4.98 Å². The molecule has 0 spiro atoms. The van der Waals surface area contributed by atoms with Gasteiger partial charge in [0.15, 0.2) is 9.84 Å². The van der Waals surface area contributed by atoms with Crippen molar-refractivity contribution in [2.75, 3.05) is 34.9 Å². The first-order valence-corrected chi connectivity index (χ1v) is 10.1. The van der Waals surface area contributed by atoms with Crippen molar-refractivity contribution < 1.29 is 8.42 Å². The number of benzene rings is 1. The molecule has 1 unspecified atom stereocenters. The maximum absolute atomic E-state index is 12.0. The third-order valence-electron chi connectivity index (χ3n) is 3.41. The minimum atomic E-state index is -3.15. The SMILES string of the molecule is CS(=O)(=O)C1CSCCN1c1ccc2scnc2c1N. The fourth-order valence-corrected chi connectivity index (χ4v) is 5.93. The molecule has 2 heterocycles. The molecule has 1 aliphatic rings. The van der Waals surface area contributed by atoms with Crippen LogP contribution >= 0.6 is 23.1 Å². The highest BCUT2D eigenvalue weighted by Gasteiger charge is 2.32. The van der Waals surface area contributed by atoms with Crippen molar-refractivity contribution in [3.05, 3.63) is 17.6 Å². The molecule has 8 heteroatoms. The van der Waals surface area contributed by atoms with Gasteiger partial charge in [-0.3, -0.25) is 0 Å². The molecule has 0 amide bonds. The monoisotopic (exact) mass is 329 g/mol. The number of nitrogen functional groups attached to an aromatic ring is 1. The lowest BCUT2D eigenvalue weighted by Gasteiger charge is -2.36. The van der Waals surface area contributed by atoms with Crippen LogP contribution in [0.4, 0.5) is 11.4 Å². The topological polar surface area (TPSA) is 76.3 Å². The van der Waals surface area contributed by atoms with Crippen molar-refractivity contribution in [2.24, 2.45) is 0 Å². The summed E-state index contributed by atoms with van der Waals surface area (Å²) in [5.41, 5.74) is 10.1. The summed E-state index contributed by atoms with van der Waals surface area (Å²) in [7, 11) is -3.15. The molecule has 1 aliphatic heterocycles. The van der Waals surface area contributed by atoms with E-state index >= 15 is 0 Å². The highest BCUT2D eigenvalue weighted by Crippen LogP contribution is 2.36. The van der Waals surface area contributed by atoms with Crippen LogP contribution in [0.2, 0.25) is 0 Å². The van der Waals surface area contributed by atoms with Crippen LogP contribution in [0.3, 0.4) is 0 Å². The standard InChI is InChI=1S/C12H15N3O2S3/c1-20(16,17)10-6-18-5-4-15(10)8-2-3-9-12(11(8)13)14-7-19-9/h2-3,7,10H,4-6,13H2,1H3. The molecule has 1 saturated heterocycles. The van der Waals surface area contributed by atoms with Gasteiger partial charge in [-0.1, -0.05) is 0 Å². The first kappa shape index (κ1) is 14.0. The van der Waals surface area contributed by atoms with Crippen LogP contribution in [0.5, 0.6) is 0 Å². The summed E-state index contributed by atoms with van der Waals surface area (Å²) in [6.45, 7) is 0.683. The minimum absolute atomic E-state index is 0.514. The highest BCUT2D eigenvalue weighted by molar-refractivity contribution is 8.01. The van der Waals surface area contributed by atoms with Crippen LogP contribution in [0, 0.1) is 0 Å². The summed E-state index contributed by atoms with van der Waals surface area (Å²) in [4.78, 5) is 6.18. The van der Waals surface area contributed by atoms with E-state index in [1.807, 2.05) is 17.0 Å². The van der Waals surface area contributed by atoms with Crippen LogP contribution in [0.15, 0.2) is 17.6 Å². The fraction of sp³-hybridized carbons (Fsp3) is 0.417. The van der Waals surface area contributed by atoms with Crippen molar-refractivity contribution in [3.8, 4) is 0 Å². The maximum atomic E-state index is 12.0. The minimum Gasteiger partial charge on any atom is -0.395 e. The first-order valence-electron chi connectivity index (χ1n) is 6.13. The zero-order valence-corrected chi connectivity index (χ0v) is 13.4. The molecule has 1 aromatic carbocycles. The second-order valence-corrected chi connectivity index (χ2v) is 8.99. The van der Waals surface area contributed by atoms with Gasteiger partial charge in [0.05, 0.1) is 21.6 Å². The molecule has 1 fully saturated rings. The number of nitrogens with two attached hydrogens (primary N) is 1. The Morgan fingerprint density at radius 3 is 3.00 bits per heavy atom. The van der Waals surface area contributed by atoms with Gasteiger partial charge in [-0.05, 0) is 12.1 Å². The summed E-state index contributed by atoms with van der Waals surface area (Å²) in [6.07, 6.45) is 1.29. The van der Waals surface area contributed by atoms with E-state index in [1.165, 1.54) is 17.6 Å². The molecule has 2 N–H and O–H groups in total. The molecule has 0 bridgehead atoms. The lowest BCUT2D eigenvalue weighted by Crippen LogP contribution is -2.47. The van der Waals surface area contributed by atoms with Gasteiger partial charge in [-0.15, -0.1) is 11.3 Å². The first-order chi connectivity index (χ1) is 9.48. The van der Waals surface area contributed by atoms with Gasteiger partial charge >= 0.3 is 0 Å². The van der Waals surface area contributed by atoms with E-state index < -0.39 is 15.2 Å². The van der Waals surface area contributed by atoms with Crippen molar-refractivity contribution >= 4 is 54.5 Å². The lowest BCUT2D eigenvalue weighted by molar-refractivity contribution is 0.584. The van der Waals surface area contributed by atoms with Gasteiger partial charge in [0.1, 0.15) is 10.9 Å². The largest absolute Gasteiger partial charge is 0.395 e. The Morgan fingerprint density at radius 2 is 2.25 bits per heavy atom. The molecule has 1 aromatic heterocycles. The summed E-state index contributed by atoms with van der Waals surface area (Å²) in [5.74, 6) is 1.48. The number of sulfone groups is 1. The predicted molar refractivity (Wildman–Crippen MR) is 87.3 cm³/mol.